The quantitative estimate of drug-likeness (QED) is 0.827. The number of rotatable bonds is 6. The molecule has 1 N–H and O–H groups in total. The van der Waals surface area contributed by atoms with Crippen LogP contribution in [0.1, 0.15) is 43.1 Å². The molecule has 24 heavy (non-hydrogen) atoms. The number of likely N-dealkylation sites (tertiary alicyclic amines) is 1. The van der Waals surface area contributed by atoms with Crippen LogP contribution in [0.2, 0.25) is 0 Å². The van der Waals surface area contributed by atoms with E-state index in [0.29, 0.717) is 12.3 Å². The van der Waals surface area contributed by atoms with Crippen LogP contribution in [0, 0.1) is 19.8 Å². The Kier molecular flexibility index (Phi) is 10.6. The number of hydrogen-bond acceptors (Lipinski definition) is 3. The predicted octanol–water partition coefficient (Wildman–Crippen LogP) is 2.66. The summed E-state index contributed by atoms with van der Waals surface area (Å²) in [5.74, 6) is 1.02. The van der Waals surface area contributed by atoms with Gasteiger partial charge < -0.3 is 10.2 Å². The summed E-state index contributed by atoms with van der Waals surface area (Å²) >= 11 is 0. The van der Waals surface area contributed by atoms with Crippen molar-refractivity contribution in [2.75, 3.05) is 26.2 Å². The van der Waals surface area contributed by atoms with Gasteiger partial charge in [-0.05, 0) is 57.7 Å². The van der Waals surface area contributed by atoms with E-state index in [0.717, 1.165) is 57.1 Å². The average Bonchev–Trinajstić information content (AvgIpc) is 2.76. The Labute approximate surface area is 158 Å². The number of amides is 1. The molecule has 5 nitrogen and oxygen atoms in total. The van der Waals surface area contributed by atoms with Gasteiger partial charge in [-0.25, -0.2) is 0 Å². The summed E-state index contributed by atoms with van der Waals surface area (Å²) in [5, 5.41) is 7.84. The Bertz CT molecular complexity index is 511. The Hall–Kier alpha value is -0.780. The van der Waals surface area contributed by atoms with Crippen molar-refractivity contribution in [2.45, 2.75) is 46.5 Å². The minimum atomic E-state index is 0. The minimum absolute atomic E-state index is 0. The molecule has 0 aliphatic carbocycles. The number of hydrogen-bond donors (Lipinski definition) is 1. The van der Waals surface area contributed by atoms with Gasteiger partial charge in [0.2, 0.25) is 5.91 Å². The lowest BCUT2D eigenvalue weighted by Gasteiger charge is -2.32. The smallest absolute Gasteiger partial charge is 0.222 e. The zero-order valence-corrected chi connectivity index (χ0v) is 16.9. The van der Waals surface area contributed by atoms with Crippen LogP contribution in [0.3, 0.4) is 0 Å². The molecule has 0 saturated carbocycles. The highest BCUT2D eigenvalue weighted by atomic mass is 35.5. The number of aromatic nitrogens is 2. The number of halogens is 2. The van der Waals surface area contributed by atoms with Crippen LogP contribution in [-0.2, 0) is 18.3 Å². The molecule has 7 heteroatoms. The average molecular weight is 379 g/mol. The van der Waals surface area contributed by atoms with Gasteiger partial charge in [0.15, 0.2) is 0 Å². The molecule has 2 heterocycles. The molecule has 1 aromatic rings. The summed E-state index contributed by atoms with van der Waals surface area (Å²) in [5.41, 5.74) is 3.46. The first kappa shape index (κ1) is 23.2. The number of nitrogens with one attached hydrogen (secondary N) is 1. The third-order valence-corrected chi connectivity index (χ3v) is 4.90. The van der Waals surface area contributed by atoms with E-state index in [-0.39, 0.29) is 24.8 Å². The number of piperidine rings is 1. The minimum Gasteiger partial charge on any atom is -0.343 e. The maximum atomic E-state index is 12.4. The Balaban J connectivity index is 0.00000264. The summed E-state index contributed by atoms with van der Waals surface area (Å²) < 4.78 is 1.90. The van der Waals surface area contributed by atoms with Crippen LogP contribution >= 0.6 is 24.8 Å². The van der Waals surface area contributed by atoms with Crippen LogP contribution in [0.25, 0.3) is 0 Å². The molecule has 1 aromatic heterocycles. The van der Waals surface area contributed by atoms with Gasteiger partial charge in [-0.1, -0.05) is 6.92 Å². The van der Waals surface area contributed by atoms with Crippen LogP contribution in [0.4, 0.5) is 0 Å². The van der Waals surface area contributed by atoms with Gasteiger partial charge in [0.05, 0.1) is 5.69 Å². The van der Waals surface area contributed by atoms with Gasteiger partial charge in [0.1, 0.15) is 0 Å². The van der Waals surface area contributed by atoms with E-state index in [1.807, 2.05) is 23.6 Å². The van der Waals surface area contributed by atoms with Crippen molar-refractivity contribution in [3.05, 3.63) is 17.0 Å². The molecule has 0 atom stereocenters. The van der Waals surface area contributed by atoms with Crippen LogP contribution in [0.15, 0.2) is 0 Å². The largest absolute Gasteiger partial charge is 0.343 e. The fourth-order valence-electron chi connectivity index (χ4n) is 3.30. The molecule has 1 saturated heterocycles. The lowest BCUT2D eigenvalue weighted by atomic mass is 9.96. The highest BCUT2D eigenvalue weighted by Gasteiger charge is 2.22. The molecule has 1 aliphatic heterocycles. The van der Waals surface area contributed by atoms with Gasteiger partial charge in [0.25, 0.3) is 0 Å². The van der Waals surface area contributed by atoms with Crippen LogP contribution in [0.5, 0.6) is 0 Å². The van der Waals surface area contributed by atoms with Gasteiger partial charge in [0, 0.05) is 32.3 Å². The molecule has 2 rings (SSSR count). The first-order valence-electron chi connectivity index (χ1n) is 8.50. The molecule has 0 radical (unpaired) electrons. The zero-order valence-electron chi connectivity index (χ0n) is 15.3. The monoisotopic (exact) mass is 378 g/mol. The number of carbonyl (C=O) groups excluding carboxylic acids is 1. The summed E-state index contributed by atoms with van der Waals surface area (Å²) in [7, 11) is 1.96. The highest BCUT2D eigenvalue weighted by Crippen LogP contribution is 2.19. The lowest BCUT2D eigenvalue weighted by molar-refractivity contribution is -0.132. The first-order valence-corrected chi connectivity index (χ1v) is 8.50. The predicted molar refractivity (Wildman–Crippen MR) is 103 cm³/mol. The van der Waals surface area contributed by atoms with E-state index in [9.17, 15) is 4.79 Å². The number of aryl methyl sites for hydroxylation is 2. The van der Waals surface area contributed by atoms with Gasteiger partial charge in [-0.3, -0.25) is 9.48 Å². The summed E-state index contributed by atoms with van der Waals surface area (Å²) in [6.45, 7) is 10.2. The van der Waals surface area contributed by atoms with Crippen molar-refractivity contribution in [2.24, 2.45) is 13.0 Å². The molecule has 0 spiro atoms. The van der Waals surface area contributed by atoms with E-state index < -0.39 is 0 Å². The van der Waals surface area contributed by atoms with E-state index in [4.69, 9.17) is 0 Å². The second-order valence-electron chi connectivity index (χ2n) is 6.40. The van der Waals surface area contributed by atoms with Crippen LogP contribution < -0.4 is 5.32 Å². The first-order chi connectivity index (χ1) is 10.5. The van der Waals surface area contributed by atoms with E-state index >= 15 is 0 Å². The summed E-state index contributed by atoms with van der Waals surface area (Å²) in [4.78, 5) is 14.4. The number of nitrogens with zero attached hydrogens (tertiary/aromatic N) is 3. The van der Waals surface area contributed by atoms with Crippen molar-refractivity contribution in [1.82, 2.24) is 20.0 Å². The maximum absolute atomic E-state index is 12.4. The Morgan fingerprint density at radius 3 is 2.38 bits per heavy atom. The highest BCUT2D eigenvalue weighted by molar-refractivity contribution is 5.85. The summed E-state index contributed by atoms with van der Waals surface area (Å²) in [6.07, 6.45) is 3.67. The molecule has 0 bridgehead atoms. The second-order valence-corrected chi connectivity index (χ2v) is 6.40. The van der Waals surface area contributed by atoms with Crippen molar-refractivity contribution < 1.29 is 4.79 Å². The van der Waals surface area contributed by atoms with Crippen LogP contribution in [-0.4, -0.2) is 46.8 Å². The summed E-state index contributed by atoms with van der Waals surface area (Å²) in [6, 6.07) is 0. The molecular formula is C17H32Cl2N4O. The SMILES string of the molecule is CCNCC1CCN(C(=O)CCc2c(C)nn(C)c2C)CC1.Cl.Cl. The van der Waals surface area contributed by atoms with E-state index in [1.165, 1.54) is 11.3 Å². The molecular weight excluding hydrogens is 347 g/mol. The lowest BCUT2D eigenvalue weighted by Crippen LogP contribution is -2.40. The molecule has 1 aliphatic rings. The van der Waals surface area contributed by atoms with Crippen molar-refractivity contribution in [3.63, 3.8) is 0 Å². The van der Waals surface area contributed by atoms with Gasteiger partial charge >= 0.3 is 0 Å². The maximum Gasteiger partial charge on any atom is 0.222 e. The van der Waals surface area contributed by atoms with E-state index in [1.54, 1.807) is 0 Å². The standard InChI is InChI=1S/C17H30N4O.2ClH/c1-5-18-12-15-8-10-21(11-9-15)17(22)7-6-16-13(2)19-20(4)14(16)3;;/h15,18H,5-12H2,1-4H3;2*1H. The molecule has 1 amide bonds. The second kappa shape index (κ2) is 11.0. The Morgan fingerprint density at radius 1 is 1.25 bits per heavy atom. The molecule has 140 valence electrons. The molecule has 0 aromatic carbocycles. The van der Waals surface area contributed by atoms with Crippen molar-refractivity contribution in [1.29, 1.82) is 0 Å². The fraction of sp³-hybridized carbons (Fsp3) is 0.765. The zero-order chi connectivity index (χ0) is 16.1. The molecule has 0 unspecified atom stereocenters. The van der Waals surface area contributed by atoms with E-state index in [2.05, 4.69) is 24.3 Å². The van der Waals surface area contributed by atoms with Crippen molar-refractivity contribution >= 4 is 30.7 Å². The Morgan fingerprint density at radius 2 is 1.88 bits per heavy atom. The third kappa shape index (κ3) is 5.94. The van der Waals surface area contributed by atoms with Crippen molar-refractivity contribution in [3.8, 4) is 0 Å². The topological polar surface area (TPSA) is 50.2 Å². The fourth-order valence-corrected chi connectivity index (χ4v) is 3.30. The van der Waals surface area contributed by atoms with Gasteiger partial charge in [-0.15, -0.1) is 24.8 Å². The third-order valence-electron chi connectivity index (χ3n) is 4.90. The molecule has 1 fully saturated rings. The number of carbonyl (C=O) groups is 1. The van der Waals surface area contributed by atoms with Gasteiger partial charge in [-0.2, -0.15) is 5.10 Å². The normalized spacial score (nSPS) is 14.9.